The van der Waals surface area contributed by atoms with Crippen LogP contribution in [-0.4, -0.2) is 61.5 Å². The van der Waals surface area contributed by atoms with E-state index in [4.69, 9.17) is 0 Å². The minimum absolute atomic E-state index is 0.146. The monoisotopic (exact) mass is 419 g/mol. The van der Waals surface area contributed by atoms with Gasteiger partial charge in [0, 0.05) is 69.2 Å². The summed E-state index contributed by atoms with van der Waals surface area (Å²) in [5.41, 5.74) is 2.86. The SMILES string of the molecule is CN1CCN(c2ncccc2CNC(=O)/C=C/c2ccc(N3CCCC3=O)cc2)CC1. The fraction of sp³-hybridized carbons (Fsp3) is 0.375. The van der Waals surface area contributed by atoms with Crippen LogP contribution < -0.4 is 15.1 Å². The summed E-state index contributed by atoms with van der Waals surface area (Å²) in [4.78, 5) is 35.2. The number of likely N-dealkylation sites (N-methyl/N-ethyl adjacent to an activating group) is 1. The van der Waals surface area contributed by atoms with Crippen molar-refractivity contribution < 1.29 is 9.59 Å². The molecule has 162 valence electrons. The molecule has 7 nitrogen and oxygen atoms in total. The van der Waals surface area contributed by atoms with Gasteiger partial charge in [0.1, 0.15) is 5.82 Å². The zero-order valence-corrected chi connectivity index (χ0v) is 18.0. The number of carbonyl (C=O) groups is 2. The number of nitrogens with zero attached hydrogens (tertiary/aromatic N) is 4. The third-order valence-electron chi connectivity index (χ3n) is 5.83. The van der Waals surface area contributed by atoms with Gasteiger partial charge in [-0.3, -0.25) is 9.59 Å². The summed E-state index contributed by atoms with van der Waals surface area (Å²) in [7, 11) is 2.13. The molecule has 2 saturated heterocycles. The summed E-state index contributed by atoms with van der Waals surface area (Å²) in [6.07, 6.45) is 6.67. The zero-order valence-electron chi connectivity index (χ0n) is 18.0. The Balaban J connectivity index is 1.32. The Bertz CT molecular complexity index is 949. The van der Waals surface area contributed by atoms with Gasteiger partial charge < -0.3 is 20.0 Å². The molecule has 7 heteroatoms. The van der Waals surface area contributed by atoms with Crippen LogP contribution in [0.2, 0.25) is 0 Å². The molecule has 0 unspecified atom stereocenters. The van der Waals surface area contributed by atoms with Crippen molar-refractivity contribution in [3.05, 3.63) is 59.8 Å². The average Bonchev–Trinajstić information content (AvgIpc) is 3.23. The van der Waals surface area contributed by atoms with Gasteiger partial charge in [-0.15, -0.1) is 0 Å². The number of rotatable bonds is 6. The molecule has 31 heavy (non-hydrogen) atoms. The molecule has 1 aromatic carbocycles. The summed E-state index contributed by atoms with van der Waals surface area (Å²) in [6.45, 7) is 5.11. The Morgan fingerprint density at radius 3 is 2.58 bits per heavy atom. The van der Waals surface area contributed by atoms with Gasteiger partial charge in [0.2, 0.25) is 11.8 Å². The lowest BCUT2D eigenvalue weighted by Gasteiger charge is -2.34. The number of nitrogens with one attached hydrogen (secondary N) is 1. The molecule has 0 radical (unpaired) electrons. The fourth-order valence-corrected chi connectivity index (χ4v) is 3.97. The molecule has 2 amide bonds. The molecule has 0 bridgehead atoms. The molecule has 2 aliphatic heterocycles. The molecule has 1 N–H and O–H groups in total. The van der Waals surface area contributed by atoms with Crippen LogP contribution in [0.4, 0.5) is 11.5 Å². The van der Waals surface area contributed by atoms with Gasteiger partial charge in [-0.05, 0) is 43.3 Å². The Kier molecular flexibility index (Phi) is 6.62. The number of pyridine rings is 1. The third-order valence-corrected chi connectivity index (χ3v) is 5.83. The fourth-order valence-electron chi connectivity index (χ4n) is 3.97. The van der Waals surface area contributed by atoms with Crippen LogP contribution in [0.1, 0.15) is 24.0 Å². The van der Waals surface area contributed by atoms with Crippen molar-refractivity contribution in [2.24, 2.45) is 0 Å². The molecule has 0 saturated carbocycles. The van der Waals surface area contributed by atoms with Crippen LogP contribution in [0.25, 0.3) is 6.08 Å². The molecule has 0 aliphatic carbocycles. The van der Waals surface area contributed by atoms with Crippen molar-refractivity contribution >= 4 is 29.4 Å². The van der Waals surface area contributed by atoms with E-state index < -0.39 is 0 Å². The van der Waals surface area contributed by atoms with E-state index in [0.717, 1.165) is 61.8 Å². The lowest BCUT2D eigenvalue weighted by Crippen LogP contribution is -2.45. The van der Waals surface area contributed by atoms with Gasteiger partial charge in [0.25, 0.3) is 0 Å². The second-order valence-electron chi connectivity index (χ2n) is 8.07. The topological polar surface area (TPSA) is 68.8 Å². The molecular weight excluding hydrogens is 390 g/mol. The van der Waals surface area contributed by atoms with Crippen LogP contribution in [0.5, 0.6) is 0 Å². The number of hydrogen-bond acceptors (Lipinski definition) is 5. The van der Waals surface area contributed by atoms with Crippen molar-refractivity contribution in [3.63, 3.8) is 0 Å². The van der Waals surface area contributed by atoms with Crippen LogP contribution in [0.15, 0.2) is 48.7 Å². The molecule has 2 aromatic rings. The van der Waals surface area contributed by atoms with Gasteiger partial charge in [-0.25, -0.2) is 4.98 Å². The molecule has 2 aliphatic rings. The van der Waals surface area contributed by atoms with Crippen molar-refractivity contribution in [1.29, 1.82) is 0 Å². The van der Waals surface area contributed by atoms with Gasteiger partial charge >= 0.3 is 0 Å². The normalized spacial score (nSPS) is 17.5. The van der Waals surface area contributed by atoms with Crippen LogP contribution in [0, 0.1) is 0 Å². The van der Waals surface area contributed by atoms with Crippen LogP contribution in [-0.2, 0) is 16.1 Å². The Hall–Kier alpha value is -3.19. The lowest BCUT2D eigenvalue weighted by molar-refractivity contribution is -0.117. The molecule has 0 atom stereocenters. The van der Waals surface area contributed by atoms with E-state index in [-0.39, 0.29) is 11.8 Å². The molecule has 3 heterocycles. The lowest BCUT2D eigenvalue weighted by atomic mass is 10.2. The zero-order chi connectivity index (χ0) is 21.6. The number of benzene rings is 1. The second kappa shape index (κ2) is 9.75. The standard InChI is InChI=1S/C24H29N5O2/c1-27-14-16-28(17-15-27)24-20(4-2-12-25-24)18-26-22(30)11-8-19-6-9-21(10-7-19)29-13-3-5-23(29)31/h2,4,6-12H,3,5,13-18H2,1H3,(H,26,30)/b11-8+. The predicted molar refractivity (Wildman–Crippen MR) is 123 cm³/mol. The van der Waals surface area contributed by atoms with Crippen molar-refractivity contribution in [2.45, 2.75) is 19.4 Å². The highest BCUT2D eigenvalue weighted by atomic mass is 16.2. The van der Waals surface area contributed by atoms with Crippen molar-refractivity contribution in [2.75, 3.05) is 49.6 Å². The number of amides is 2. The van der Waals surface area contributed by atoms with E-state index in [9.17, 15) is 9.59 Å². The summed E-state index contributed by atoms with van der Waals surface area (Å²) < 4.78 is 0. The molecular formula is C24H29N5O2. The van der Waals surface area contributed by atoms with E-state index in [0.29, 0.717) is 13.0 Å². The van der Waals surface area contributed by atoms with E-state index >= 15 is 0 Å². The second-order valence-corrected chi connectivity index (χ2v) is 8.07. The minimum atomic E-state index is -0.146. The minimum Gasteiger partial charge on any atom is -0.354 e. The van der Waals surface area contributed by atoms with Crippen LogP contribution >= 0.6 is 0 Å². The Labute approximate surface area is 183 Å². The highest BCUT2D eigenvalue weighted by Gasteiger charge is 2.21. The number of piperazine rings is 1. The first-order valence-corrected chi connectivity index (χ1v) is 10.8. The quantitative estimate of drug-likeness (QED) is 0.728. The summed E-state index contributed by atoms with van der Waals surface area (Å²) in [6, 6.07) is 11.6. The number of aromatic nitrogens is 1. The highest BCUT2D eigenvalue weighted by molar-refractivity contribution is 5.95. The van der Waals surface area contributed by atoms with Crippen molar-refractivity contribution in [3.8, 4) is 0 Å². The van der Waals surface area contributed by atoms with Crippen molar-refractivity contribution in [1.82, 2.24) is 15.2 Å². The molecule has 4 rings (SSSR count). The maximum absolute atomic E-state index is 12.3. The summed E-state index contributed by atoms with van der Waals surface area (Å²) in [5, 5.41) is 2.96. The first kappa shape index (κ1) is 21.1. The maximum Gasteiger partial charge on any atom is 0.244 e. The maximum atomic E-state index is 12.3. The van der Waals surface area contributed by atoms with E-state index in [1.165, 1.54) is 0 Å². The number of hydrogen-bond donors (Lipinski definition) is 1. The first-order valence-electron chi connectivity index (χ1n) is 10.8. The number of carbonyl (C=O) groups excluding carboxylic acids is 2. The molecule has 0 spiro atoms. The van der Waals surface area contributed by atoms with E-state index in [1.807, 2.05) is 41.3 Å². The van der Waals surface area contributed by atoms with E-state index in [1.54, 1.807) is 18.3 Å². The first-order chi connectivity index (χ1) is 15.1. The van der Waals surface area contributed by atoms with Gasteiger partial charge in [-0.1, -0.05) is 18.2 Å². The summed E-state index contributed by atoms with van der Waals surface area (Å²) in [5.74, 6) is 0.980. The average molecular weight is 420 g/mol. The Morgan fingerprint density at radius 1 is 1.10 bits per heavy atom. The van der Waals surface area contributed by atoms with Crippen LogP contribution in [0.3, 0.4) is 0 Å². The van der Waals surface area contributed by atoms with Gasteiger partial charge in [-0.2, -0.15) is 0 Å². The molecule has 2 fully saturated rings. The van der Waals surface area contributed by atoms with Gasteiger partial charge in [0.15, 0.2) is 0 Å². The largest absolute Gasteiger partial charge is 0.354 e. The smallest absolute Gasteiger partial charge is 0.244 e. The third kappa shape index (κ3) is 5.30. The van der Waals surface area contributed by atoms with E-state index in [2.05, 4.69) is 27.1 Å². The van der Waals surface area contributed by atoms with Gasteiger partial charge in [0.05, 0.1) is 0 Å². The molecule has 1 aromatic heterocycles. The summed E-state index contributed by atoms with van der Waals surface area (Å²) >= 11 is 0. The number of anilines is 2. The predicted octanol–water partition coefficient (Wildman–Crippen LogP) is 2.29. The highest BCUT2D eigenvalue weighted by Crippen LogP contribution is 2.22. The Morgan fingerprint density at radius 2 is 1.87 bits per heavy atom.